The van der Waals surface area contributed by atoms with Gasteiger partial charge in [0.25, 0.3) is 0 Å². The van der Waals surface area contributed by atoms with Gasteiger partial charge in [0.15, 0.2) is 0 Å². The van der Waals surface area contributed by atoms with Crippen molar-refractivity contribution in [3.8, 4) is 0 Å². The molecule has 0 radical (unpaired) electrons. The Morgan fingerprint density at radius 3 is 2.63 bits per heavy atom. The predicted molar refractivity (Wildman–Crippen MR) is 74.5 cm³/mol. The summed E-state index contributed by atoms with van der Waals surface area (Å²) in [5.74, 6) is 0.381. The van der Waals surface area contributed by atoms with Crippen LogP contribution in [0, 0.1) is 11.8 Å². The van der Waals surface area contributed by atoms with Gasteiger partial charge >= 0.3 is 0 Å². The van der Waals surface area contributed by atoms with Crippen molar-refractivity contribution in [1.29, 1.82) is 0 Å². The van der Waals surface area contributed by atoms with E-state index < -0.39 is 0 Å². The molecule has 1 aliphatic carbocycles. The number of hydrogen-bond acceptors (Lipinski definition) is 2. The van der Waals surface area contributed by atoms with Crippen LogP contribution in [-0.2, 0) is 9.59 Å². The molecule has 3 nitrogen and oxygen atoms in total. The zero-order valence-corrected chi connectivity index (χ0v) is 11.6. The molecule has 0 aliphatic heterocycles. The van der Waals surface area contributed by atoms with Crippen molar-refractivity contribution < 1.29 is 9.59 Å². The Morgan fingerprint density at radius 2 is 2.00 bits per heavy atom. The molecule has 1 aliphatic rings. The molecule has 1 saturated carbocycles. The lowest BCUT2D eigenvalue weighted by Gasteiger charge is -2.26. The van der Waals surface area contributed by atoms with Gasteiger partial charge in [0.2, 0.25) is 5.91 Å². The summed E-state index contributed by atoms with van der Waals surface area (Å²) < 4.78 is 0. The third-order valence-corrected chi connectivity index (χ3v) is 3.96. The van der Waals surface area contributed by atoms with Gasteiger partial charge in [-0.1, -0.05) is 37.3 Å². The van der Waals surface area contributed by atoms with E-state index in [2.05, 4.69) is 5.32 Å². The van der Waals surface area contributed by atoms with Crippen molar-refractivity contribution >= 4 is 11.7 Å². The summed E-state index contributed by atoms with van der Waals surface area (Å²) in [7, 11) is 0. The third kappa shape index (κ3) is 3.43. The maximum atomic E-state index is 12.2. The van der Waals surface area contributed by atoms with E-state index in [1.807, 2.05) is 44.2 Å². The predicted octanol–water partition coefficient (Wildman–Crippen LogP) is 2.87. The molecule has 0 bridgehead atoms. The molecule has 0 heterocycles. The van der Waals surface area contributed by atoms with E-state index >= 15 is 0 Å². The first-order valence-corrected chi connectivity index (χ1v) is 6.96. The fourth-order valence-corrected chi connectivity index (χ4v) is 2.63. The SMILES string of the molecule is C[C@@H]1C[C@@H](C(=O)N[C@@H](C)c2ccccc2)CCC1=O. The first kappa shape index (κ1) is 13.8. The molecule has 3 heteroatoms. The normalized spacial score (nSPS) is 24.8. The van der Waals surface area contributed by atoms with Gasteiger partial charge in [0.1, 0.15) is 5.78 Å². The average molecular weight is 259 g/mol. The van der Waals surface area contributed by atoms with Gasteiger partial charge in [-0.15, -0.1) is 0 Å². The maximum Gasteiger partial charge on any atom is 0.223 e. The van der Waals surface area contributed by atoms with Crippen molar-refractivity contribution in [3.05, 3.63) is 35.9 Å². The highest BCUT2D eigenvalue weighted by atomic mass is 16.2. The highest BCUT2D eigenvalue weighted by Crippen LogP contribution is 2.27. The number of carbonyl (C=O) groups excluding carboxylic acids is 2. The van der Waals surface area contributed by atoms with Crippen LogP contribution in [0.15, 0.2) is 30.3 Å². The van der Waals surface area contributed by atoms with E-state index in [4.69, 9.17) is 0 Å². The van der Waals surface area contributed by atoms with Gasteiger partial charge in [0.05, 0.1) is 6.04 Å². The number of nitrogens with one attached hydrogen (secondary N) is 1. The van der Waals surface area contributed by atoms with E-state index in [9.17, 15) is 9.59 Å². The molecule has 3 atom stereocenters. The van der Waals surface area contributed by atoms with Crippen molar-refractivity contribution in [2.45, 2.75) is 39.2 Å². The summed E-state index contributed by atoms with van der Waals surface area (Å²) >= 11 is 0. The number of carbonyl (C=O) groups is 2. The van der Waals surface area contributed by atoms with E-state index in [0.29, 0.717) is 25.0 Å². The quantitative estimate of drug-likeness (QED) is 0.907. The fourth-order valence-electron chi connectivity index (χ4n) is 2.63. The lowest BCUT2D eigenvalue weighted by molar-refractivity contribution is -0.131. The standard InChI is InChI=1S/C16H21NO2/c1-11-10-14(8-9-15(11)18)16(19)17-12(2)13-6-4-3-5-7-13/h3-7,11-12,14H,8-10H2,1-2H3,(H,17,19)/t11-,12+,14+/m1/s1. The van der Waals surface area contributed by atoms with Crippen molar-refractivity contribution in [2.75, 3.05) is 0 Å². The largest absolute Gasteiger partial charge is 0.349 e. The van der Waals surface area contributed by atoms with Crippen LogP contribution in [0.1, 0.15) is 44.7 Å². The Bertz CT molecular complexity index is 455. The van der Waals surface area contributed by atoms with Gasteiger partial charge in [-0.05, 0) is 25.3 Å². The van der Waals surface area contributed by atoms with Crippen molar-refractivity contribution in [1.82, 2.24) is 5.32 Å². The molecule has 1 N–H and O–H groups in total. The summed E-state index contributed by atoms with van der Waals surface area (Å²) in [6, 6.07) is 9.95. The molecule has 0 aromatic heterocycles. The Labute approximate surface area is 114 Å². The minimum Gasteiger partial charge on any atom is -0.349 e. The first-order valence-electron chi connectivity index (χ1n) is 6.96. The minimum atomic E-state index is -0.0149. The molecule has 102 valence electrons. The molecule has 0 saturated heterocycles. The topological polar surface area (TPSA) is 46.2 Å². The third-order valence-electron chi connectivity index (χ3n) is 3.96. The molecule has 19 heavy (non-hydrogen) atoms. The zero-order valence-electron chi connectivity index (χ0n) is 11.6. The monoisotopic (exact) mass is 259 g/mol. The molecule has 1 fully saturated rings. The van der Waals surface area contributed by atoms with Crippen LogP contribution >= 0.6 is 0 Å². The molecule has 2 rings (SSSR count). The molecule has 1 aromatic carbocycles. The van der Waals surface area contributed by atoms with E-state index in [0.717, 1.165) is 5.56 Å². The maximum absolute atomic E-state index is 12.2. The van der Waals surface area contributed by atoms with Crippen LogP contribution in [0.3, 0.4) is 0 Å². The molecule has 1 amide bonds. The highest BCUT2D eigenvalue weighted by Gasteiger charge is 2.30. The number of benzene rings is 1. The molecule has 1 aromatic rings. The molecule has 0 spiro atoms. The van der Waals surface area contributed by atoms with Crippen LogP contribution in [0.2, 0.25) is 0 Å². The summed E-state index contributed by atoms with van der Waals surface area (Å²) in [5.41, 5.74) is 1.11. The van der Waals surface area contributed by atoms with Crippen LogP contribution < -0.4 is 5.32 Å². The first-order chi connectivity index (χ1) is 9.08. The van der Waals surface area contributed by atoms with E-state index in [1.165, 1.54) is 0 Å². The van der Waals surface area contributed by atoms with Gasteiger partial charge in [0, 0.05) is 18.3 Å². The Hall–Kier alpha value is -1.64. The number of rotatable bonds is 3. The van der Waals surface area contributed by atoms with Gasteiger partial charge in [-0.3, -0.25) is 9.59 Å². The summed E-state index contributed by atoms with van der Waals surface area (Å²) in [6.45, 7) is 3.91. The van der Waals surface area contributed by atoms with Crippen molar-refractivity contribution in [3.63, 3.8) is 0 Å². The second-order valence-corrected chi connectivity index (χ2v) is 5.48. The van der Waals surface area contributed by atoms with Gasteiger partial charge < -0.3 is 5.32 Å². The Balaban J connectivity index is 1.92. The molecule has 0 unspecified atom stereocenters. The van der Waals surface area contributed by atoms with Gasteiger partial charge in [-0.2, -0.15) is 0 Å². The second kappa shape index (κ2) is 6.00. The summed E-state index contributed by atoms with van der Waals surface area (Å²) in [4.78, 5) is 23.7. The average Bonchev–Trinajstić information content (AvgIpc) is 2.42. The van der Waals surface area contributed by atoms with Crippen LogP contribution in [0.5, 0.6) is 0 Å². The summed E-state index contributed by atoms with van der Waals surface area (Å²) in [6.07, 6.45) is 1.92. The minimum absolute atomic E-state index is 0.0149. The van der Waals surface area contributed by atoms with Crippen LogP contribution in [0.4, 0.5) is 0 Å². The smallest absolute Gasteiger partial charge is 0.223 e. The van der Waals surface area contributed by atoms with Crippen LogP contribution in [0.25, 0.3) is 0 Å². The Kier molecular flexibility index (Phi) is 4.35. The molecular formula is C16H21NO2. The number of amides is 1. The lowest BCUT2D eigenvalue weighted by atomic mass is 9.81. The number of hydrogen-bond donors (Lipinski definition) is 1. The zero-order chi connectivity index (χ0) is 13.8. The highest BCUT2D eigenvalue weighted by molar-refractivity contribution is 5.86. The van der Waals surface area contributed by atoms with E-state index in [1.54, 1.807) is 0 Å². The van der Waals surface area contributed by atoms with Crippen LogP contribution in [-0.4, -0.2) is 11.7 Å². The molecular weight excluding hydrogens is 238 g/mol. The number of ketones is 1. The second-order valence-electron chi connectivity index (χ2n) is 5.48. The fraction of sp³-hybridized carbons (Fsp3) is 0.500. The number of Topliss-reactive ketones (excluding diaryl/α,β-unsaturated/α-hetero) is 1. The lowest BCUT2D eigenvalue weighted by Crippen LogP contribution is -2.37. The Morgan fingerprint density at radius 1 is 1.32 bits per heavy atom. The summed E-state index contributed by atoms with van der Waals surface area (Å²) in [5, 5.41) is 3.05. The van der Waals surface area contributed by atoms with Crippen molar-refractivity contribution in [2.24, 2.45) is 11.8 Å². The van der Waals surface area contributed by atoms with Gasteiger partial charge in [-0.25, -0.2) is 0 Å². The van der Waals surface area contributed by atoms with E-state index in [-0.39, 0.29) is 23.8 Å².